The summed E-state index contributed by atoms with van der Waals surface area (Å²) in [6.45, 7) is 0. The largest absolute Gasteiger partial charge is 0.497 e. The molecule has 0 aliphatic carbocycles. The van der Waals surface area contributed by atoms with E-state index in [0.29, 0.717) is 5.95 Å². The minimum atomic E-state index is 0.0123. The molecule has 1 aliphatic heterocycles. The molecule has 1 aromatic heterocycles. The Bertz CT molecular complexity index is 907. The quantitative estimate of drug-likeness (QED) is 0.751. The van der Waals surface area contributed by atoms with Crippen LogP contribution >= 0.6 is 0 Å². The van der Waals surface area contributed by atoms with Gasteiger partial charge in [0.05, 0.1) is 26.3 Å². The maximum atomic E-state index is 5.85. The van der Waals surface area contributed by atoms with Gasteiger partial charge in [-0.3, -0.25) is 0 Å². The molecule has 0 bridgehead atoms. The zero-order valence-electron chi connectivity index (χ0n) is 14.7. The topological polar surface area (TPSA) is 87.2 Å². The first-order valence-electron chi connectivity index (χ1n) is 8.44. The van der Waals surface area contributed by atoms with Gasteiger partial charge >= 0.3 is 0 Å². The fraction of sp³-hybridized carbons (Fsp3) is 0.263. The van der Waals surface area contributed by atoms with Gasteiger partial charge in [-0.1, -0.05) is 24.3 Å². The highest BCUT2D eigenvalue weighted by molar-refractivity contribution is 5.43. The van der Waals surface area contributed by atoms with Crippen LogP contribution in [0.5, 0.6) is 11.5 Å². The van der Waals surface area contributed by atoms with Crippen molar-refractivity contribution in [1.29, 1.82) is 0 Å². The van der Waals surface area contributed by atoms with Crippen molar-refractivity contribution >= 4 is 11.9 Å². The first-order valence-corrected chi connectivity index (χ1v) is 8.44. The van der Waals surface area contributed by atoms with E-state index in [0.717, 1.165) is 29.0 Å². The Balaban J connectivity index is 1.72. The van der Waals surface area contributed by atoms with Gasteiger partial charge in [-0.05, 0) is 41.8 Å². The maximum absolute atomic E-state index is 5.85. The summed E-state index contributed by atoms with van der Waals surface area (Å²) in [5.74, 6) is 2.58. The van der Waals surface area contributed by atoms with E-state index in [4.69, 9.17) is 15.2 Å². The second-order valence-corrected chi connectivity index (χ2v) is 6.24. The van der Waals surface area contributed by atoms with Crippen LogP contribution in [-0.2, 0) is 0 Å². The lowest BCUT2D eigenvalue weighted by Crippen LogP contribution is -2.28. The van der Waals surface area contributed by atoms with E-state index in [1.165, 1.54) is 0 Å². The van der Waals surface area contributed by atoms with Gasteiger partial charge in [0.25, 0.3) is 0 Å². The van der Waals surface area contributed by atoms with Crippen LogP contribution < -0.4 is 20.5 Å². The third kappa shape index (κ3) is 2.92. The van der Waals surface area contributed by atoms with Crippen molar-refractivity contribution in [1.82, 2.24) is 14.8 Å². The summed E-state index contributed by atoms with van der Waals surface area (Å²) in [5, 5.41) is 7.82. The number of hydrogen-bond donors (Lipinski definition) is 2. The molecule has 7 nitrogen and oxygen atoms in total. The molecule has 7 heteroatoms. The van der Waals surface area contributed by atoms with Gasteiger partial charge in [-0.25, -0.2) is 4.68 Å². The van der Waals surface area contributed by atoms with E-state index in [9.17, 15) is 0 Å². The lowest BCUT2D eigenvalue weighted by Gasteiger charge is -2.31. The van der Waals surface area contributed by atoms with Crippen molar-refractivity contribution in [2.45, 2.75) is 18.5 Å². The van der Waals surface area contributed by atoms with Crippen LogP contribution in [0.2, 0.25) is 0 Å². The Hall–Kier alpha value is -3.22. The van der Waals surface area contributed by atoms with Crippen LogP contribution in [0.25, 0.3) is 0 Å². The number of nitrogens with two attached hydrogens (primary N) is 1. The number of aromatic nitrogens is 3. The normalized spacial score (nSPS) is 18.7. The minimum Gasteiger partial charge on any atom is -0.497 e. The molecule has 2 heterocycles. The van der Waals surface area contributed by atoms with Crippen LogP contribution in [0, 0.1) is 0 Å². The summed E-state index contributed by atoms with van der Waals surface area (Å²) < 4.78 is 12.5. The number of nitrogens with one attached hydrogen (secondary N) is 1. The average Bonchev–Trinajstić information content (AvgIpc) is 3.07. The van der Waals surface area contributed by atoms with Crippen LogP contribution in [0.3, 0.4) is 0 Å². The summed E-state index contributed by atoms with van der Waals surface area (Å²) in [5.41, 5.74) is 8.12. The SMILES string of the molecule is COc1ccc([C@H]2C[C@@H](c3cccc(OC)c3)n3nc(N)nc3N2)cc1. The van der Waals surface area contributed by atoms with Gasteiger partial charge in [-0.15, -0.1) is 5.10 Å². The van der Waals surface area contributed by atoms with E-state index in [-0.39, 0.29) is 18.0 Å². The molecule has 0 saturated heterocycles. The molecule has 3 N–H and O–H groups in total. The lowest BCUT2D eigenvalue weighted by molar-refractivity contribution is 0.406. The second kappa shape index (κ2) is 6.59. The molecule has 0 radical (unpaired) electrons. The Morgan fingerprint density at radius 3 is 2.54 bits per heavy atom. The number of fused-ring (bicyclic) bond motifs is 1. The third-order valence-electron chi connectivity index (χ3n) is 4.70. The highest BCUT2D eigenvalue weighted by Gasteiger charge is 2.31. The van der Waals surface area contributed by atoms with Gasteiger partial charge in [0.15, 0.2) is 0 Å². The fourth-order valence-electron chi connectivity index (χ4n) is 3.38. The average molecular weight is 351 g/mol. The minimum absolute atomic E-state index is 0.0123. The van der Waals surface area contributed by atoms with Crippen molar-refractivity contribution in [2.75, 3.05) is 25.3 Å². The summed E-state index contributed by atoms with van der Waals surface area (Å²) in [6, 6.07) is 16.2. The van der Waals surface area contributed by atoms with Crippen molar-refractivity contribution in [3.8, 4) is 11.5 Å². The zero-order chi connectivity index (χ0) is 18.1. The van der Waals surface area contributed by atoms with Gasteiger partial charge in [0.2, 0.25) is 11.9 Å². The molecule has 0 amide bonds. The number of methoxy groups -OCH3 is 2. The van der Waals surface area contributed by atoms with Gasteiger partial charge in [0, 0.05) is 0 Å². The highest BCUT2D eigenvalue weighted by atomic mass is 16.5. The Morgan fingerprint density at radius 1 is 1.04 bits per heavy atom. The Labute approximate surface area is 151 Å². The third-order valence-corrected chi connectivity index (χ3v) is 4.70. The molecule has 4 rings (SSSR count). The number of ether oxygens (including phenoxy) is 2. The molecular formula is C19H21N5O2. The first kappa shape index (κ1) is 16.3. The number of nitrogens with zero attached hydrogens (tertiary/aromatic N) is 3. The predicted molar refractivity (Wildman–Crippen MR) is 99.5 cm³/mol. The number of hydrogen-bond acceptors (Lipinski definition) is 6. The highest BCUT2D eigenvalue weighted by Crippen LogP contribution is 2.39. The zero-order valence-corrected chi connectivity index (χ0v) is 14.7. The van der Waals surface area contributed by atoms with Gasteiger partial charge < -0.3 is 20.5 Å². The molecule has 134 valence electrons. The standard InChI is InChI=1S/C19H21N5O2/c1-25-14-8-6-12(7-9-14)16-11-17(13-4-3-5-15(10-13)26-2)24-19(21-16)22-18(20)23-24/h3-10,16-17H,11H2,1-2H3,(H3,20,21,22,23)/t16-,17+/m1/s1. The second-order valence-electron chi connectivity index (χ2n) is 6.24. The van der Waals surface area contributed by atoms with E-state index in [1.807, 2.05) is 35.0 Å². The molecule has 3 aromatic rings. The predicted octanol–water partition coefficient (Wildman–Crippen LogP) is 3.02. The van der Waals surface area contributed by atoms with Crippen LogP contribution in [0.4, 0.5) is 11.9 Å². The number of anilines is 2. The molecular weight excluding hydrogens is 330 g/mol. The molecule has 0 unspecified atom stereocenters. The molecule has 2 aromatic carbocycles. The van der Waals surface area contributed by atoms with Crippen molar-refractivity contribution < 1.29 is 9.47 Å². The summed E-state index contributed by atoms with van der Waals surface area (Å²) in [4.78, 5) is 4.34. The monoisotopic (exact) mass is 351 g/mol. The van der Waals surface area contributed by atoms with Crippen molar-refractivity contribution in [3.05, 3.63) is 59.7 Å². The summed E-state index contributed by atoms with van der Waals surface area (Å²) >= 11 is 0. The van der Waals surface area contributed by atoms with Crippen molar-refractivity contribution in [3.63, 3.8) is 0 Å². The van der Waals surface area contributed by atoms with Crippen LogP contribution in [0.15, 0.2) is 48.5 Å². The van der Waals surface area contributed by atoms with Crippen LogP contribution in [-0.4, -0.2) is 29.0 Å². The molecule has 0 spiro atoms. The molecule has 26 heavy (non-hydrogen) atoms. The lowest BCUT2D eigenvalue weighted by atomic mass is 9.93. The van der Waals surface area contributed by atoms with E-state index < -0.39 is 0 Å². The molecule has 0 fully saturated rings. The number of rotatable bonds is 4. The smallest absolute Gasteiger partial charge is 0.241 e. The Kier molecular flexibility index (Phi) is 4.12. The number of nitrogen functional groups attached to an aromatic ring is 1. The van der Waals surface area contributed by atoms with Gasteiger partial charge in [-0.2, -0.15) is 4.98 Å². The van der Waals surface area contributed by atoms with Crippen molar-refractivity contribution in [2.24, 2.45) is 0 Å². The van der Waals surface area contributed by atoms with E-state index >= 15 is 0 Å². The Morgan fingerprint density at radius 2 is 1.81 bits per heavy atom. The summed E-state index contributed by atoms with van der Waals surface area (Å²) in [6.07, 6.45) is 0.815. The summed E-state index contributed by atoms with van der Waals surface area (Å²) in [7, 11) is 3.33. The van der Waals surface area contributed by atoms with E-state index in [2.05, 4.69) is 33.6 Å². The molecule has 1 aliphatic rings. The van der Waals surface area contributed by atoms with Crippen LogP contribution in [0.1, 0.15) is 29.6 Å². The number of benzene rings is 2. The first-order chi connectivity index (χ1) is 12.7. The molecule has 2 atom stereocenters. The fourth-order valence-corrected chi connectivity index (χ4v) is 3.38. The van der Waals surface area contributed by atoms with Gasteiger partial charge in [0.1, 0.15) is 11.5 Å². The van der Waals surface area contributed by atoms with E-state index in [1.54, 1.807) is 14.2 Å². The molecule has 0 saturated carbocycles. The maximum Gasteiger partial charge on any atom is 0.241 e.